The van der Waals surface area contributed by atoms with Crippen LogP contribution in [0.4, 0.5) is 5.82 Å². The summed E-state index contributed by atoms with van der Waals surface area (Å²) in [5.74, 6) is 1.41. The van der Waals surface area contributed by atoms with Crippen molar-refractivity contribution in [3.63, 3.8) is 0 Å². The molecule has 4 nitrogen and oxygen atoms in total. The summed E-state index contributed by atoms with van der Waals surface area (Å²) in [6.45, 7) is 0.672. The first kappa shape index (κ1) is 8.04. The Morgan fingerprint density at radius 1 is 1.62 bits per heavy atom. The number of nitrogens with one attached hydrogen (secondary N) is 1. The van der Waals surface area contributed by atoms with E-state index in [1.807, 2.05) is 0 Å². The van der Waals surface area contributed by atoms with Gasteiger partial charge >= 0.3 is 0 Å². The number of hydrogen-bond donors (Lipinski definition) is 1. The van der Waals surface area contributed by atoms with Gasteiger partial charge in [-0.1, -0.05) is 0 Å². The minimum absolute atomic E-state index is 0.125. The van der Waals surface area contributed by atoms with E-state index >= 15 is 0 Å². The molecule has 0 bridgehead atoms. The van der Waals surface area contributed by atoms with E-state index in [4.69, 9.17) is 4.74 Å². The van der Waals surface area contributed by atoms with Crippen molar-refractivity contribution in [2.75, 3.05) is 19.0 Å². The van der Waals surface area contributed by atoms with E-state index in [1.54, 1.807) is 19.4 Å². The van der Waals surface area contributed by atoms with Crippen molar-refractivity contribution >= 4 is 11.6 Å². The van der Waals surface area contributed by atoms with Crippen LogP contribution < -0.4 is 10.1 Å². The summed E-state index contributed by atoms with van der Waals surface area (Å²) in [7, 11) is 1.56. The van der Waals surface area contributed by atoms with Gasteiger partial charge < -0.3 is 10.1 Å². The van der Waals surface area contributed by atoms with Gasteiger partial charge in [-0.05, 0) is 6.07 Å². The molecule has 0 saturated carbocycles. The average Bonchev–Trinajstić information content (AvgIpc) is 2.18. The van der Waals surface area contributed by atoms with E-state index in [1.165, 1.54) is 0 Å². The van der Waals surface area contributed by atoms with E-state index in [2.05, 4.69) is 10.3 Å². The molecular formula is C9H10N2O2. The van der Waals surface area contributed by atoms with Crippen LogP contribution in [-0.4, -0.2) is 24.4 Å². The number of ketones is 1. The largest absolute Gasteiger partial charge is 0.495 e. The third-order valence-corrected chi connectivity index (χ3v) is 2.04. The van der Waals surface area contributed by atoms with Crippen LogP contribution >= 0.6 is 0 Å². The molecule has 4 heteroatoms. The predicted molar refractivity (Wildman–Crippen MR) is 48.2 cm³/mol. The lowest BCUT2D eigenvalue weighted by atomic mass is 10.1. The van der Waals surface area contributed by atoms with Gasteiger partial charge in [-0.2, -0.15) is 0 Å². The van der Waals surface area contributed by atoms with Crippen molar-refractivity contribution in [3.8, 4) is 5.75 Å². The number of pyridine rings is 1. The zero-order valence-corrected chi connectivity index (χ0v) is 7.33. The molecule has 1 aromatic rings. The summed E-state index contributed by atoms with van der Waals surface area (Å²) in [5, 5.41) is 3.06. The molecule has 0 fully saturated rings. The fourth-order valence-corrected chi connectivity index (χ4v) is 1.34. The molecule has 2 rings (SSSR count). The van der Waals surface area contributed by atoms with Gasteiger partial charge in [0.2, 0.25) is 0 Å². The number of Topliss-reactive ketones (excluding diaryl/α,β-unsaturated/α-hetero) is 1. The highest BCUT2D eigenvalue weighted by molar-refractivity contribution is 6.02. The number of hydrogen-bond acceptors (Lipinski definition) is 4. The number of fused-ring (bicyclic) bond motifs is 1. The molecule has 0 radical (unpaired) electrons. The smallest absolute Gasteiger partial charge is 0.168 e. The van der Waals surface area contributed by atoms with Gasteiger partial charge in [0.05, 0.1) is 18.9 Å². The highest BCUT2D eigenvalue weighted by Gasteiger charge is 2.18. The number of methoxy groups -OCH3 is 1. The molecule has 2 heterocycles. The predicted octanol–water partition coefficient (Wildman–Crippen LogP) is 1.09. The number of nitrogens with zero attached hydrogens (tertiary/aromatic N) is 1. The number of ether oxygens (including phenoxy) is 1. The minimum Gasteiger partial charge on any atom is -0.495 e. The standard InChI is InChI=1S/C9H10N2O2/c1-13-6-4-7-8(12)2-3-10-9(7)11-5-6/h4-5H,2-3H2,1H3,(H,10,11). The maximum Gasteiger partial charge on any atom is 0.168 e. The summed E-state index contributed by atoms with van der Waals surface area (Å²) in [6, 6.07) is 1.72. The van der Waals surface area contributed by atoms with Crippen molar-refractivity contribution in [3.05, 3.63) is 17.8 Å². The van der Waals surface area contributed by atoms with Crippen LogP contribution in [-0.2, 0) is 0 Å². The number of rotatable bonds is 1. The van der Waals surface area contributed by atoms with Crippen LogP contribution in [0.2, 0.25) is 0 Å². The highest BCUT2D eigenvalue weighted by atomic mass is 16.5. The molecule has 0 atom stereocenters. The van der Waals surface area contributed by atoms with Gasteiger partial charge in [0.25, 0.3) is 0 Å². The Kier molecular flexibility index (Phi) is 1.88. The molecule has 0 aromatic carbocycles. The van der Waals surface area contributed by atoms with E-state index in [9.17, 15) is 4.79 Å². The number of anilines is 1. The van der Waals surface area contributed by atoms with Crippen molar-refractivity contribution in [1.82, 2.24) is 4.98 Å². The zero-order chi connectivity index (χ0) is 9.26. The van der Waals surface area contributed by atoms with Crippen molar-refractivity contribution in [2.45, 2.75) is 6.42 Å². The van der Waals surface area contributed by atoms with Gasteiger partial charge in [-0.15, -0.1) is 0 Å². The van der Waals surface area contributed by atoms with Gasteiger partial charge in [0, 0.05) is 13.0 Å². The SMILES string of the molecule is COc1cnc2c(c1)C(=O)CCN2. The third kappa shape index (κ3) is 1.35. The van der Waals surface area contributed by atoms with E-state index in [0.29, 0.717) is 30.1 Å². The summed E-state index contributed by atoms with van der Waals surface area (Å²) < 4.78 is 4.99. The molecule has 1 N–H and O–H groups in total. The van der Waals surface area contributed by atoms with E-state index < -0.39 is 0 Å². The first-order valence-electron chi connectivity index (χ1n) is 4.12. The molecule has 13 heavy (non-hydrogen) atoms. The second-order valence-corrected chi connectivity index (χ2v) is 2.87. The maximum atomic E-state index is 11.4. The molecule has 1 aromatic heterocycles. The zero-order valence-electron chi connectivity index (χ0n) is 7.33. The van der Waals surface area contributed by atoms with Crippen molar-refractivity contribution in [1.29, 1.82) is 0 Å². The fraction of sp³-hybridized carbons (Fsp3) is 0.333. The van der Waals surface area contributed by atoms with Gasteiger partial charge in [0.15, 0.2) is 5.78 Å². The molecule has 0 aliphatic carbocycles. The minimum atomic E-state index is 0.125. The molecule has 68 valence electrons. The Labute approximate surface area is 75.9 Å². The second-order valence-electron chi connectivity index (χ2n) is 2.87. The molecule has 0 amide bonds. The Morgan fingerprint density at radius 3 is 3.23 bits per heavy atom. The highest BCUT2D eigenvalue weighted by Crippen LogP contribution is 2.23. The van der Waals surface area contributed by atoms with E-state index in [0.717, 1.165) is 0 Å². The fourth-order valence-electron chi connectivity index (χ4n) is 1.34. The normalized spacial score (nSPS) is 14.7. The van der Waals surface area contributed by atoms with Gasteiger partial charge in [-0.25, -0.2) is 4.98 Å². The lowest BCUT2D eigenvalue weighted by Crippen LogP contribution is -2.19. The van der Waals surface area contributed by atoms with Crippen LogP contribution in [0.1, 0.15) is 16.8 Å². The molecule has 1 aliphatic rings. The summed E-state index contributed by atoms with van der Waals surface area (Å²) in [5.41, 5.74) is 0.630. The van der Waals surface area contributed by atoms with Gasteiger partial charge in [-0.3, -0.25) is 4.79 Å². The van der Waals surface area contributed by atoms with Crippen LogP contribution in [0.3, 0.4) is 0 Å². The Morgan fingerprint density at radius 2 is 2.46 bits per heavy atom. The lowest BCUT2D eigenvalue weighted by molar-refractivity contribution is 0.0983. The Hall–Kier alpha value is -1.58. The monoisotopic (exact) mass is 178 g/mol. The molecule has 1 aliphatic heterocycles. The van der Waals surface area contributed by atoms with Gasteiger partial charge in [0.1, 0.15) is 11.6 Å². The first-order valence-corrected chi connectivity index (χ1v) is 4.12. The summed E-state index contributed by atoms with van der Waals surface area (Å²) in [6.07, 6.45) is 2.13. The van der Waals surface area contributed by atoms with E-state index in [-0.39, 0.29) is 5.78 Å². The maximum absolute atomic E-state index is 11.4. The first-order chi connectivity index (χ1) is 6.31. The average molecular weight is 178 g/mol. The van der Waals surface area contributed by atoms with Crippen molar-refractivity contribution < 1.29 is 9.53 Å². The molecular weight excluding hydrogens is 168 g/mol. The Balaban J connectivity index is 2.47. The molecule has 0 spiro atoms. The molecule has 0 unspecified atom stereocenters. The summed E-state index contributed by atoms with van der Waals surface area (Å²) in [4.78, 5) is 15.5. The molecule has 0 saturated heterocycles. The van der Waals surface area contributed by atoms with Crippen LogP contribution in [0.15, 0.2) is 12.3 Å². The number of carbonyl (C=O) groups is 1. The number of carbonyl (C=O) groups excluding carboxylic acids is 1. The van der Waals surface area contributed by atoms with Crippen molar-refractivity contribution in [2.24, 2.45) is 0 Å². The van der Waals surface area contributed by atoms with Crippen LogP contribution in [0.5, 0.6) is 5.75 Å². The van der Waals surface area contributed by atoms with Crippen LogP contribution in [0, 0.1) is 0 Å². The summed E-state index contributed by atoms with van der Waals surface area (Å²) >= 11 is 0. The second kappa shape index (κ2) is 3.05. The Bertz CT molecular complexity index is 349. The number of aromatic nitrogens is 1. The third-order valence-electron chi connectivity index (χ3n) is 2.04. The quantitative estimate of drug-likeness (QED) is 0.699. The van der Waals surface area contributed by atoms with Crippen LogP contribution in [0.25, 0.3) is 0 Å². The topological polar surface area (TPSA) is 51.2 Å². The lowest BCUT2D eigenvalue weighted by Gasteiger charge is -2.15.